The first-order valence-electron chi connectivity index (χ1n) is 14.0. The molecule has 0 aliphatic rings. The van der Waals surface area contributed by atoms with Gasteiger partial charge < -0.3 is 26.0 Å². The predicted molar refractivity (Wildman–Crippen MR) is 173 cm³/mol. The molecule has 11 heteroatoms. The summed E-state index contributed by atoms with van der Waals surface area (Å²) in [5.74, 6) is -1.11. The first-order chi connectivity index (χ1) is 19.4. The van der Waals surface area contributed by atoms with Gasteiger partial charge in [0.1, 0.15) is 5.75 Å². The lowest BCUT2D eigenvalue weighted by atomic mass is 10.0. The third-order valence-corrected chi connectivity index (χ3v) is 8.15. The highest BCUT2D eigenvalue weighted by Gasteiger charge is 2.38. The molecule has 0 radical (unpaired) electrons. The van der Waals surface area contributed by atoms with Gasteiger partial charge >= 0.3 is 6.03 Å². The molecular formula is C30H43IN4O5Si. The minimum absolute atomic E-state index is 0.110. The van der Waals surface area contributed by atoms with Gasteiger partial charge in [-0.15, -0.1) is 0 Å². The lowest BCUT2D eigenvalue weighted by Crippen LogP contribution is -2.64. The fraction of sp³-hybridized carbons (Fsp3) is 0.467. The summed E-state index contributed by atoms with van der Waals surface area (Å²) in [6.45, 7) is 8.89. The van der Waals surface area contributed by atoms with Crippen LogP contribution < -0.4 is 26.0 Å². The molecule has 9 nitrogen and oxygen atoms in total. The van der Waals surface area contributed by atoms with E-state index in [0.717, 1.165) is 23.3 Å². The number of rotatable bonds is 16. The minimum atomic E-state index is -1.16. The van der Waals surface area contributed by atoms with Crippen molar-refractivity contribution in [3.05, 3.63) is 65.7 Å². The largest absolute Gasteiger partial charge is 0.494 e. The molecule has 0 aliphatic heterocycles. The van der Waals surface area contributed by atoms with Crippen LogP contribution in [0.25, 0.3) is 0 Å². The van der Waals surface area contributed by atoms with Gasteiger partial charge in [-0.2, -0.15) is 0 Å². The number of carbonyl (C=O) groups excluding carboxylic acids is 4. The molecule has 0 spiro atoms. The number of benzene rings is 2. The minimum Gasteiger partial charge on any atom is -0.494 e. The molecule has 2 aromatic rings. The van der Waals surface area contributed by atoms with E-state index in [1.807, 2.05) is 68.4 Å². The van der Waals surface area contributed by atoms with E-state index in [0.29, 0.717) is 33.7 Å². The molecule has 41 heavy (non-hydrogen) atoms. The standard InChI is InChI=1S/C30H43IN4O5Si/c1-5-25(26(36)27(37)32-18-23-11-13-24(14-12-23)40-16-15-21(4)31)34-28(38)30(41,17-20(2)3)35-29(39)33-19-22-9-7-6-8-10-22/h6-14,20-21,25H,5,15-19H2,1-4,41H3,(H,32,37)(H,34,38)(H2,33,35,39)/t21?,25?,30-/m0/s1. The van der Waals surface area contributed by atoms with E-state index in [-0.39, 0.29) is 18.9 Å². The van der Waals surface area contributed by atoms with Gasteiger partial charge in [0.25, 0.3) is 5.91 Å². The summed E-state index contributed by atoms with van der Waals surface area (Å²) in [5, 5.41) is 9.86. The number of carbonyl (C=O) groups is 4. The average Bonchev–Trinajstić information content (AvgIpc) is 2.93. The Morgan fingerprint density at radius 3 is 2.12 bits per heavy atom. The van der Waals surface area contributed by atoms with Gasteiger partial charge in [-0.25, -0.2) is 4.79 Å². The molecule has 0 aromatic heterocycles. The average molecular weight is 695 g/mol. The van der Waals surface area contributed by atoms with Crippen molar-refractivity contribution in [3.8, 4) is 5.75 Å². The van der Waals surface area contributed by atoms with E-state index in [1.54, 1.807) is 6.92 Å². The van der Waals surface area contributed by atoms with E-state index in [2.05, 4.69) is 50.8 Å². The zero-order chi connectivity index (χ0) is 30.4. The van der Waals surface area contributed by atoms with Gasteiger partial charge in [0, 0.05) is 27.3 Å². The number of nitrogens with one attached hydrogen (secondary N) is 4. The Kier molecular flexibility index (Phi) is 14.3. The number of ether oxygens (including phenoxy) is 1. The van der Waals surface area contributed by atoms with Crippen LogP contribution in [-0.2, 0) is 27.5 Å². The summed E-state index contributed by atoms with van der Waals surface area (Å²) in [6.07, 6.45) is 1.59. The molecular weight excluding hydrogens is 651 g/mol. The van der Waals surface area contributed by atoms with Crippen molar-refractivity contribution in [2.24, 2.45) is 5.92 Å². The quantitative estimate of drug-likeness (QED) is 0.0932. The third-order valence-electron chi connectivity index (χ3n) is 6.42. The maximum Gasteiger partial charge on any atom is 0.315 e. The first kappa shape index (κ1) is 34.3. The van der Waals surface area contributed by atoms with Crippen molar-refractivity contribution >= 4 is 56.5 Å². The molecule has 2 unspecified atom stereocenters. The Balaban J connectivity index is 1.95. The molecule has 0 aliphatic carbocycles. The zero-order valence-electron chi connectivity index (χ0n) is 24.6. The summed E-state index contributed by atoms with van der Waals surface area (Å²) in [6, 6.07) is 15.3. The number of hydrogen-bond acceptors (Lipinski definition) is 5. The summed E-state index contributed by atoms with van der Waals surface area (Å²) < 4.78 is 6.24. The number of ketones is 1. The SMILES string of the molecule is CCC(NC(=O)[C@@]([SiH3])(CC(C)C)NC(=O)NCc1ccccc1)C(=O)C(=O)NCc1ccc(OCCC(C)I)cc1. The number of hydrogen-bond donors (Lipinski definition) is 4. The highest BCUT2D eigenvalue weighted by atomic mass is 127. The van der Waals surface area contributed by atoms with Crippen LogP contribution in [0.1, 0.15) is 58.1 Å². The van der Waals surface area contributed by atoms with Crippen LogP contribution in [-0.4, -0.2) is 55.6 Å². The second-order valence-electron chi connectivity index (χ2n) is 10.8. The van der Waals surface area contributed by atoms with Crippen LogP contribution in [0.2, 0.25) is 0 Å². The van der Waals surface area contributed by atoms with Crippen LogP contribution in [0, 0.1) is 5.92 Å². The molecule has 4 amide bonds. The molecule has 3 atom stereocenters. The summed E-state index contributed by atoms with van der Waals surface area (Å²) >= 11 is 2.35. The molecule has 0 saturated carbocycles. The highest BCUT2D eigenvalue weighted by molar-refractivity contribution is 14.1. The van der Waals surface area contributed by atoms with Crippen molar-refractivity contribution in [3.63, 3.8) is 0 Å². The Hall–Kier alpha value is -2.93. The molecule has 0 fully saturated rings. The second-order valence-corrected chi connectivity index (χ2v) is 14.6. The smallest absolute Gasteiger partial charge is 0.315 e. The highest BCUT2D eigenvalue weighted by Crippen LogP contribution is 2.16. The van der Waals surface area contributed by atoms with Gasteiger partial charge in [-0.3, -0.25) is 14.4 Å². The van der Waals surface area contributed by atoms with Gasteiger partial charge in [0.15, 0.2) is 0 Å². The van der Waals surface area contributed by atoms with Crippen LogP contribution in [0.3, 0.4) is 0 Å². The van der Waals surface area contributed by atoms with Crippen molar-refractivity contribution in [1.82, 2.24) is 21.3 Å². The first-order valence-corrected chi connectivity index (χ1v) is 16.3. The van der Waals surface area contributed by atoms with Crippen molar-refractivity contribution in [2.75, 3.05) is 6.61 Å². The Labute approximate surface area is 259 Å². The molecule has 2 aromatic carbocycles. The van der Waals surface area contributed by atoms with E-state index in [9.17, 15) is 19.2 Å². The lowest BCUT2D eigenvalue weighted by Gasteiger charge is -2.33. The third kappa shape index (κ3) is 12.2. The number of urea groups is 1. The molecule has 2 rings (SSSR count). The molecule has 4 N–H and O–H groups in total. The van der Waals surface area contributed by atoms with E-state index < -0.39 is 34.8 Å². The normalized spacial score (nSPS) is 13.9. The topological polar surface area (TPSA) is 126 Å². The van der Waals surface area contributed by atoms with Gasteiger partial charge in [0.05, 0.1) is 17.8 Å². The maximum absolute atomic E-state index is 13.4. The van der Waals surface area contributed by atoms with Crippen molar-refractivity contribution < 1.29 is 23.9 Å². The van der Waals surface area contributed by atoms with Crippen LogP contribution in [0.15, 0.2) is 54.6 Å². The number of Topliss-reactive ketones (excluding diaryl/α,β-unsaturated/α-hetero) is 1. The summed E-state index contributed by atoms with van der Waals surface area (Å²) in [4.78, 5) is 51.8. The molecule has 0 bridgehead atoms. The summed E-state index contributed by atoms with van der Waals surface area (Å²) in [7, 11) is 0.302. The monoisotopic (exact) mass is 694 g/mol. The fourth-order valence-electron chi connectivity index (χ4n) is 4.23. The Morgan fingerprint density at radius 2 is 1.54 bits per heavy atom. The van der Waals surface area contributed by atoms with E-state index in [1.165, 1.54) is 0 Å². The van der Waals surface area contributed by atoms with E-state index >= 15 is 0 Å². The Bertz CT molecular complexity index is 1150. The van der Waals surface area contributed by atoms with Gasteiger partial charge in [0.2, 0.25) is 11.7 Å². The molecule has 0 heterocycles. The van der Waals surface area contributed by atoms with Gasteiger partial charge in [-0.1, -0.05) is 92.8 Å². The van der Waals surface area contributed by atoms with Crippen LogP contribution in [0.5, 0.6) is 5.75 Å². The number of alkyl halides is 1. The summed E-state index contributed by atoms with van der Waals surface area (Å²) in [5.41, 5.74) is 1.75. The van der Waals surface area contributed by atoms with Crippen molar-refractivity contribution in [1.29, 1.82) is 0 Å². The number of halogens is 1. The molecule has 224 valence electrons. The van der Waals surface area contributed by atoms with Gasteiger partial charge in [-0.05, 0) is 48.4 Å². The Morgan fingerprint density at radius 1 is 0.927 bits per heavy atom. The van der Waals surface area contributed by atoms with E-state index in [4.69, 9.17) is 4.74 Å². The van der Waals surface area contributed by atoms with Crippen LogP contribution in [0.4, 0.5) is 4.79 Å². The number of amides is 4. The molecule has 0 saturated heterocycles. The predicted octanol–water partition coefficient (Wildman–Crippen LogP) is 2.97. The fourth-order valence-corrected chi connectivity index (χ4v) is 5.67. The lowest BCUT2D eigenvalue weighted by molar-refractivity contribution is -0.140. The second kappa shape index (κ2) is 17.1. The van der Waals surface area contributed by atoms with Crippen molar-refractivity contribution in [2.45, 2.75) is 75.2 Å². The maximum atomic E-state index is 13.4. The zero-order valence-corrected chi connectivity index (χ0v) is 28.7. The van der Waals surface area contributed by atoms with Crippen LogP contribution >= 0.6 is 22.6 Å².